The van der Waals surface area contributed by atoms with Gasteiger partial charge in [0.1, 0.15) is 5.60 Å². The predicted molar refractivity (Wildman–Crippen MR) is 103 cm³/mol. The van der Waals surface area contributed by atoms with Crippen molar-refractivity contribution in [3.05, 3.63) is 89.2 Å². The minimum atomic E-state index is -4.95. The van der Waals surface area contributed by atoms with E-state index in [1.165, 1.54) is 19.4 Å². The number of ether oxygens (including phenoxy) is 2. The lowest BCUT2D eigenvalue weighted by atomic mass is 9.90. The third-order valence-electron chi connectivity index (χ3n) is 4.39. The van der Waals surface area contributed by atoms with E-state index in [-0.39, 0.29) is 11.6 Å². The Morgan fingerprint density at radius 3 is 2.06 bits per heavy atom. The first-order chi connectivity index (χ1) is 14.4. The molecule has 0 fully saturated rings. The average Bonchev–Trinajstić information content (AvgIpc) is 2.71. The van der Waals surface area contributed by atoms with Gasteiger partial charge in [-0.25, -0.2) is 0 Å². The van der Waals surface area contributed by atoms with E-state index in [1.54, 1.807) is 30.3 Å². The SMILES string of the molecule is C=CC(O)(COCc1cc(C(F)(F)F)cc(C(F)(F)F)c1)c1ccccc1C=COC. The summed E-state index contributed by atoms with van der Waals surface area (Å²) in [5.41, 5.74) is -4.01. The molecule has 0 radical (unpaired) electrons. The van der Waals surface area contributed by atoms with Crippen molar-refractivity contribution in [3.63, 3.8) is 0 Å². The molecule has 0 saturated carbocycles. The molecular formula is C22H20F6O3. The molecule has 2 aromatic rings. The van der Waals surface area contributed by atoms with Crippen LogP contribution in [0.15, 0.2) is 61.4 Å². The van der Waals surface area contributed by atoms with Gasteiger partial charge in [0.2, 0.25) is 0 Å². The standard InChI is InChI=1S/C22H20F6O3/c1-3-20(29,19-7-5-4-6-16(19)8-9-30-2)14-31-13-15-10-17(21(23,24)25)12-18(11-15)22(26,27)28/h3-12,29H,1,13-14H2,2H3. The molecule has 0 aliphatic carbocycles. The van der Waals surface area contributed by atoms with Crippen molar-refractivity contribution in [2.24, 2.45) is 0 Å². The van der Waals surface area contributed by atoms with Gasteiger partial charge in [-0.3, -0.25) is 0 Å². The molecule has 9 heteroatoms. The Morgan fingerprint density at radius 1 is 0.968 bits per heavy atom. The van der Waals surface area contributed by atoms with Gasteiger partial charge in [0.05, 0.1) is 37.7 Å². The van der Waals surface area contributed by atoms with Crippen LogP contribution in [-0.2, 0) is 34.0 Å². The maximum atomic E-state index is 13.0. The number of alkyl halides is 6. The van der Waals surface area contributed by atoms with E-state index in [0.29, 0.717) is 23.3 Å². The molecule has 0 heterocycles. The summed E-state index contributed by atoms with van der Waals surface area (Å²) in [5.74, 6) is 0. The van der Waals surface area contributed by atoms with Crippen LogP contribution in [0.1, 0.15) is 27.8 Å². The second-order valence-corrected chi connectivity index (χ2v) is 6.66. The van der Waals surface area contributed by atoms with Crippen molar-refractivity contribution in [3.8, 4) is 0 Å². The molecule has 1 unspecified atom stereocenters. The number of hydrogen-bond acceptors (Lipinski definition) is 3. The number of hydrogen-bond donors (Lipinski definition) is 1. The highest BCUT2D eigenvalue weighted by atomic mass is 19.4. The van der Waals surface area contributed by atoms with Gasteiger partial charge < -0.3 is 14.6 Å². The molecule has 0 aliphatic rings. The van der Waals surface area contributed by atoms with Crippen molar-refractivity contribution < 1.29 is 40.9 Å². The summed E-state index contributed by atoms with van der Waals surface area (Å²) in [5, 5.41) is 10.9. The number of halogens is 6. The van der Waals surface area contributed by atoms with Gasteiger partial charge in [-0.1, -0.05) is 36.9 Å². The Labute approximate surface area is 175 Å². The minimum absolute atomic E-state index is 0.0436. The minimum Gasteiger partial charge on any atom is -0.504 e. The largest absolute Gasteiger partial charge is 0.504 e. The van der Waals surface area contributed by atoms with Crippen molar-refractivity contribution in [2.45, 2.75) is 24.6 Å². The van der Waals surface area contributed by atoms with E-state index in [0.717, 1.165) is 0 Å². The number of rotatable bonds is 8. The lowest BCUT2D eigenvalue weighted by Gasteiger charge is -2.26. The van der Waals surface area contributed by atoms with E-state index in [2.05, 4.69) is 6.58 Å². The van der Waals surface area contributed by atoms with Gasteiger partial charge in [-0.15, -0.1) is 0 Å². The highest BCUT2D eigenvalue weighted by molar-refractivity contribution is 5.55. The van der Waals surface area contributed by atoms with Gasteiger partial charge in [0, 0.05) is 0 Å². The van der Waals surface area contributed by atoms with E-state index in [1.807, 2.05) is 0 Å². The normalized spacial score (nSPS) is 14.5. The molecule has 0 aromatic heterocycles. The smallest absolute Gasteiger partial charge is 0.416 e. The van der Waals surface area contributed by atoms with Gasteiger partial charge in [-0.2, -0.15) is 26.3 Å². The molecule has 0 saturated heterocycles. The van der Waals surface area contributed by atoms with E-state index >= 15 is 0 Å². The molecule has 3 nitrogen and oxygen atoms in total. The van der Waals surface area contributed by atoms with Crippen LogP contribution in [0.5, 0.6) is 0 Å². The highest BCUT2D eigenvalue weighted by Gasteiger charge is 2.37. The molecule has 0 aliphatic heterocycles. The third kappa shape index (κ3) is 6.35. The second-order valence-electron chi connectivity index (χ2n) is 6.66. The summed E-state index contributed by atoms with van der Waals surface area (Å²) >= 11 is 0. The van der Waals surface area contributed by atoms with Crippen LogP contribution in [0.4, 0.5) is 26.3 Å². The van der Waals surface area contributed by atoms with Crippen molar-refractivity contribution in [1.29, 1.82) is 0 Å². The highest BCUT2D eigenvalue weighted by Crippen LogP contribution is 2.36. The van der Waals surface area contributed by atoms with Crippen LogP contribution in [0.3, 0.4) is 0 Å². The van der Waals surface area contributed by atoms with E-state index < -0.39 is 42.3 Å². The Kier molecular flexibility index (Phi) is 7.56. The fourth-order valence-corrected chi connectivity index (χ4v) is 2.85. The molecule has 0 spiro atoms. The van der Waals surface area contributed by atoms with E-state index in [9.17, 15) is 31.4 Å². The molecular weight excluding hydrogens is 426 g/mol. The Hall–Kier alpha value is -2.78. The molecule has 2 aromatic carbocycles. The fraction of sp³-hybridized carbons (Fsp3) is 0.273. The lowest BCUT2D eigenvalue weighted by molar-refractivity contribution is -0.143. The number of aliphatic hydroxyl groups is 1. The summed E-state index contributed by atoms with van der Waals surface area (Å²) in [6.45, 7) is 2.53. The first-order valence-electron chi connectivity index (χ1n) is 8.91. The average molecular weight is 446 g/mol. The molecule has 31 heavy (non-hydrogen) atoms. The van der Waals surface area contributed by atoms with Crippen LogP contribution in [0.2, 0.25) is 0 Å². The number of benzene rings is 2. The Morgan fingerprint density at radius 2 is 1.55 bits per heavy atom. The number of methoxy groups -OCH3 is 1. The van der Waals surface area contributed by atoms with Gasteiger partial charge in [-0.05, 0) is 41.0 Å². The molecule has 0 amide bonds. The van der Waals surface area contributed by atoms with Gasteiger partial charge in [0.15, 0.2) is 0 Å². The van der Waals surface area contributed by atoms with Gasteiger partial charge >= 0.3 is 12.4 Å². The van der Waals surface area contributed by atoms with Crippen LogP contribution in [0, 0.1) is 0 Å². The van der Waals surface area contributed by atoms with Crippen LogP contribution < -0.4 is 0 Å². The van der Waals surface area contributed by atoms with Crippen LogP contribution >= 0.6 is 0 Å². The zero-order valence-corrected chi connectivity index (χ0v) is 16.4. The molecule has 1 atom stereocenters. The summed E-state index contributed by atoms with van der Waals surface area (Å²) in [7, 11) is 1.44. The van der Waals surface area contributed by atoms with E-state index in [4.69, 9.17) is 9.47 Å². The maximum absolute atomic E-state index is 13.0. The zero-order valence-electron chi connectivity index (χ0n) is 16.4. The molecule has 1 N–H and O–H groups in total. The van der Waals surface area contributed by atoms with Crippen LogP contribution in [0.25, 0.3) is 6.08 Å². The summed E-state index contributed by atoms with van der Waals surface area (Å²) < 4.78 is 88.1. The monoisotopic (exact) mass is 446 g/mol. The Bertz CT molecular complexity index is 901. The zero-order chi connectivity index (χ0) is 23.3. The Balaban J connectivity index is 2.27. The molecule has 168 valence electrons. The lowest BCUT2D eigenvalue weighted by Crippen LogP contribution is -2.30. The summed E-state index contributed by atoms with van der Waals surface area (Å²) in [6, 6.07) is 7.84. The molecule has 0 bridgehead atoms. The first kappa shape index (κ1) is 24.5. The predicted octanol–water partition coefficient (Wildman–Crippen LogP) is 5.93. The topological polar surface area (TPSA) is 38.7 Å². The third-order valence-corrected chi connectivity index (χ3v) is 4.39. The molecule has 2 rings (SSSR count). The fourth-order valence-electron chi connectivity index (χ4n) is 2.85. The van der Waals surface area contributed by atoms with Crippen molar-refractivity contribution in [2.75, 3.05) is 13.7 Å². The summed E-state index contributed by atoms with van der Waals surface area (Å²) in [4.78, 5) is 0. The maximum Gasteiger partial charge on any atom is 0.416 e. The van der Waals surface area contributed by atoms with Crippen molar-refractivity contribution >= 4 is 6.08 Å². The van der Waals surface area contributed by atoms with Crippen LogP contribution in [-0.4, -0.2) is 18.8 Å². The first-order valence-corrected chi connectivity index (χ1v) is 8.91. The summed E-state index contributed by atoms with van der Waals surface area (Å²) in [6.07, 6.45) is -5.77. The second kappa shape index (κ2) is 9.57. The quantitative estimate of drug-likeness (QED) is 0.310. The van der Waals surface area contributed by atoms with Crippen molar-refractivity contribution in [1.82, 2.24) is 0 Å². The van der Waals surface area contributed by atoms with Gasteiger partial charge in [0.25, 0.3) is 0 Å².